The maximum absolute atomic E-state index is 12.2. The van der Waals surface area contributed by atoms with Gasteiger partial charge in [0, 0.05) is 12.6 Å². The van der Waals surface area contributed by atoms with Crippen molar-refractivity contribution in [2.75, 3.05) is 6.54 Å². The summed E-state index contributed by atoms with van der Waals surface area (Å²) in [4.78, 5) is 24.9. The zero-order chi connectivity index (χ0) is 14.7. The first kappa shape index (κ1) is 14.4. The van der Waals surface area contributed by atoms with Crippen molar-refractivity contribution in [3.8, 4) is 0 Å². The maximum Gasteiger partial charge on any atom is 0.326 e. The predicted molar refractivity (Wildman–Crippen MR) is 74.0 cm³/mol. The number of likely N-dealkylation sites (tertiary alicyclic amines) is 1. The Hall–Kier alpha value is -2.04. The number of hydrogen-bond acceptors (Lipinski definition) is 3. The summed E-state index contributed by atoms with van der Waals surface area (Å²) in [6, 6.07) is 2.85. The van der Waals surface area contributed by atoms with E-state index in [2.05, 4.69) is 0 Å². The van der Waals surface area contributed by atoms with Crippen molar-refractivity contribution in [1.82, 2.24) is 4.90 Å². The molecule has 5 nitrogen and oxygen atoms in total. The molecule has 1 aliphatic rings. The van der Waals surface area contributed by atoms with Gasteiger partial charge in [-0.1, -0.05) is 6.92 Å². The molecule has 0 spiro atoms. The van der Waals surface area contributed by atoms with E-state index >= 15 is 0 Å². The molecule has 0 bridgehead atoms. The van der Waals surface area contributed by atoms with Crippen LogP contribution < -0.4 is 0 Å². The van der Waals surface area contributed by atoms with Gasteiger partial charge in [0.1, 0.15) is 17.6 Å². The molecule has 1 saturated heterocycles. The van der Waals surface area contributed by atoms with E-state index in [0.29, 0.717) is 12.3 Å². The normalized spacial score (nSPS) is 23.2. The number of aliphatic carboxylic acids is 1. The van der Waals surface area contributed by atoms with E-state index in [9.17, 15) is 14.7 Å². The standard InChI is InChI=1S/C15H19NO4/c1-10-4-3-9-16(14(10)15(18)19)13(17)8-7-12-6-5-11(2)20-12/h5-8,10,14H,3-4,9H2,1-2H3,(H,18,19)/b8-7+. The lowest BCUT2D eigenvalue weighted by molar-refractivity contribution is -0.152. The molecule has 1 N–H and O–H groups in total. The van der Waals surface area contributed by atoms with Gasteiger partial charge < -0.3 is 14.4 Å². The van der Waals surface area contributed by atoms with Crippen molar-refractivity contribution in [3.63, 3.8) is 0 Å². The highest BCUT2D eigenvalue weighted by atomic mass is 16.4. The molecule has 20 heavy (non-hydrogen) atoms. The Morgan fingerprint density at radius 1 is 1.45 bits per heavy atom. The van der Waals surface area contributed by atoms with Crippen LogP contribution in [-0.4, -0.2) is 34.5 Å². The predicted octanol–water partition coefficient (Wildman–Crippen LogP) is 2.31. The summed E-state index contributed by atoms with van der Waals surface area (Å²) in [6.45, 7) is 4.19. The Morgan fingerprint density at radius 2 is 2.20 bits per heavy atom. The molecule has 1 aromatic heterocycles. The summed E-state index contributed by atoms with van der Waals surface area (Å²) < 4.78 is 5.34. The number of amides is 1. The molecule has 5 heteroatoms. The van der Waals surface area contributed by atoms with Crippen molar-refractivity contribution in [2.24, 2.45) is 5.92 Å². The third kappa shape index (κ3) is 3.10. The van der Waals surface area contributed by atoms with E-state index in [1.165, 1.54) is 11.0 Å². The molecule has 2 rings (SSSR count). The zero-order valence-electron chi connectivity index (χ0n) is 11.7. The zero-order valence-corrected chi connectivity index (χ0v) is 11.7. The molecule has 0 aliphatic carbocycles. The van der Waals surface area contributed by atoms with Crippen LogP contribution in [0.2, 0.25) is 0 Å². The topological polar surface area (TPSA) is 70.8 Å². The highest BCUT2D eigenvalue weighted by molar-refractivity contribution is 5.94. The summed E-state index contributed by atoms with van der Waals surface area (Å²) in [6.07, 6.45) is 4.63. The first-order valence-corrected chi connectivity index (χ1v) is 6.77. The fourth-order valence-corrected chi connectivity index (χ4v) is 2.60. The van der Waals surface area contributed by atoms with Crippen LogP contribution in [0.4, 0.5) is 0 Å². The molecule has 1 fully saturated rings. The molecular formula is C15H19NO4. The number of carboxylic acids is 1. The van der Waals surface area contributed by atoms with Crippen LogP contribution in [0.5, 0.6) is 0 Å². The van der Waals surface area contributed by atoms with E-state index < -0.39 is 12.0 Å². The van der Waals surface area contributed by atoms with E-state index in [-0.39, 0.29) is 11.8 Å². The van der Waals surface area contributed by atoms with Gasteiger partial charge in [0.25, 0.3) is 0 Å². The number of hydrogen-bond donors (Lipinski definition) is 1. The number of furan rings is 1. The Balaban J connectivity index is 2.10. The Kier molecular flexibility index (Phi) is 4.27. The minimum absolute atomic E-state index is 0.0237. The van der Waals surface area contributed by atoms with E-state index in [4.69, 9.17) is 4.42 Å². The summed E-state index contributed by atoms with van der Waals surface area (Å²) in [5, 5.41) is 9.28. The van der Waals surface area contributed by atoms with Gasteiger partial charge in [-0.3, -0.25) is 4.79 Å². The van der Waals surface area contributed by atoms with Crippen LogP contribution in [0.25, 0.3) is 6.08 Å². The Morgan fingerprint density at radius 3 is 2.80 bits per heavy atom. The van der Waals surface area contributed by atoms with E-state index in [1.807, 2.05) is 19.9 Å². The van der Waals surface area contributed by atoms with Crippen molar-refractivity contribution < 1.29 is 19.1 Å². The van der Waals surface area contributed by atoms with Crippen molar-refractivity contribution >= 4 is 18.0 Å². The molecule has 0 aromatic carbocycles. The number of aryl methyl sites for hydroxylation is 1. The average molecular weight is 277 g/mol. The van der Waals surface area contributed by atoms with Crippen LogP contribution >= 0.6 is 0 Å². The highest BCUT2D eigenvalue weighted by Gasteiger charge is 2.36. The van der Waals surface area contributed by atoms with Crippen LogP contribution in [0.3, 0.4) is 0 Å². The summed E-state index contributed by atoms with van der Waals surface area (Å²) in [7, 11) is 0. The van der Waals surface area contributed by atoms with Gasteiger partial charge in [-0.2, -0.15) is 0 Å². The summed E-state index contributed by atoms with van der Waals surface area (Å²) >= 11 is 0. The molecule has 0 saturated carbocycles. The number of carbonyl (C=O) groups is 2. The third-order valence-electron chi connectivity index (χ3n) is 3.62. The second kappa shape index (κ2) is 5.94. The first-order chi connectivity index (χ1) is 9.49. The molecule has 0 radical (unpaired) electrons. The molecule has 1 aromatic rings. The van der Waals surface area contributed by atoms with Crippen molar-refractivity contribution in [1.29, 1.82) is 0 Å². The number of piperidine rings is 1. The lowest BCUT2D eigenvalue weighted by atomic mass is 9.90. The molecule has 2 unspecified atom stereocenters. The molecule has 1 aliphatic heterocycles. The van der Waals surface area contributed by atoms with E-state index in [1.54, 1.807) is 12.1 Å². The highest BCUT2D eigenvalue weighted by Crippen LogP contribution is 2.24. The molecule has 2 heterocycles. The Labute approximate surface area is 117 Å². The van der Waals surface area contributed by atoms with Crippen molar-refractivity contribution in [2.45, 2.75) is 32.7 Å². The van der Waals surface area contributed by atoms with Gasteiger partial charge in [0.15, 0.2) is 0 Å². The van der Waals surface area contributed by atoms with Gasteiger partial charge in [0.05, 0.1) is 0 Å². The second-order valence-electron chi connectivity index (χ2n) is 5.22. The van der Waals surface area contributed by atoms with Gasteiger partial charge in [0.2, 0.25) is 5.91 Å². The number of carbonyl (C=O) groups excluding carboxylic acids is 1. The molecule has 108 valence electrons. The van der Waals surface area contributed by atoms with Gasteiger partial charge in [-0.25, -0.2) is 4.79 Å². The lowest BCUT2D eigenvalue weighted by Crippen LogP contribution is -2.51. The number of rotatable bonds is 3. The minimum Gasteiger partial charge on any atom is -0.480 e. The molecule has 1 amide bonds. The fourth-order valence-electron chi connectivity index (χ4n) is 2.60. The third-order valence-corrected chi connectivity index (χ3v) is 3.62. The van der Waals surface area contributed by atoms with Crippen LogP contribution in [0.1, 0.15) is 31.3 Å². The monoisotopic (exact) mass is 277 g/mol. The quantitative estimate of drug-likeness (QED) is 0.861. The smallest absolute Gasteiger partial charge is 0.326 e. The first-order valence-electron chi connectivity index (χ1n) is 6.77. The van der Waals surface area contributed by atoms with Crippen molar-refractivity contribution in [3.05, 3.63) is 29.7 Å². The van der Waals surface area contributed by atoms with Crippen LogP contribution in [-0.2, 0) is 9.59 Å². The van der Waals surface area contributed by atoms with Crippen LogP contribution in [0.15, 0.2) is 22.6 Å². The lowest BCUT2D eigenvalue weighted by Gasteiger charge is -2.36. The van der Waals surface area contributed by atoms with Gasteiger partial charge in [-0.05, 0) is 43.9 Å². The SMILES string of the molecule is Cc1ccc(/C=C/C(=O)N2CCCC(C)C2C(=O)O)o1. The van der Waals surface area contributed by atoms with Gasteiger partial charge >= 0.3 is 5.97 Å². The van der Waals surface area contributed by atoms with E-state index in [0.717, 1.165) is 18.6 Å². The van der Waals surface area contributed by atoms with Gasteiger partial charge in [-0.15, -0.1) is 0 Å². The van der Waals surface area contributed by atoms with Crippen LogP contribution in [0, 0.1) is 12.8 Å². The molecular weight excluding hydrogens is 258 g/mol. The summed E-state index contributed by atoms with van der Waals surface area (Å²) in [5.41, 5.74) is 0. The second-order valence-corrected chi connectivity index (χ2v) is 5.22. The largest absolute Gasteiger partial charge is 0.480 e. The number of nitrogens with zero attached hydrogens (tertiary/aromatic N) is 1. The Bertz CT molecular complexity index is 532. The minimum atomic E-state index is -0.937. The average Bonchev–Trinajstić information content (AvgIpc) is 2.81. The summed E-state index contributed by atoms with van der Waals surface area (Å²) in [5.74, 6) is 0.121. The fraction of sp³-hybridized carbons (Fsp3) is 0.467. The number of carboxylic acid groups (broad SMARTS) is 1. The maximum atomic E-state index is 12.2. The molecule has 2 atom stereocenters.